The van der Waals surface area contributed by atoms with Crippen LogP contribution in [0.3, 0.4) is 0 Å². The average molecular weight is 229 g/mol. The van der Waals surface area contributed by atoms with Crippen molar-refractivity contribution in [2.75, 3.05) is 18.5 Å². The lowest BCUT2D eigenvalue weighted by Crippen LogP contribution is -2.16. The van der Waals surface area contributed by atoms with Gasteiger partial charge in [0.2, 0.25) is 0 Å². The molecule has 0 amide bonds. The van der Waals surface area contributed by atoms with Gasteiger partial charge < -0.3 is 10.1 Å². The predicted octanol–water partition coefficient (Wildman–Crippen LogP) is 1.40. The first-order valence-electron chi connectivity index (χ1n) is 5.05. The summed E-state index contributed by atoms with van der Waals surface area (Å²) in [6, 6.07) is 8.53. The number of carbonyl (C=O) groups is 1. The molecular formula is C12H11N3O2. The molecule has 0 atom stereocenters. The second-order valence-electron chi connectivity index (χ2n) is 3.14. The highest BCUT2D eigenvalue weighted by molar-refractivity contribution is 5.75. The Morgan fingerprint density at radius 1 is 1.35 bits per heavy atom. The highest BCUT2D eigenvalue weighted by atomic mass is 16.5. The highest BCUT2D eigenvalue weighted by Gasteiger charge is 2.04. The quantitative estimate of drug-likeness (QED) is 0.789. The lowest BCUT2D eigenvalue weighted by atomic mass is 10.1. The van der Waals surface area contributed by atoms with Crippen LogP contribution in [-0.2, 0) is 9.53 Å². The molecule has 0 bridgehead atoms. The summed E-state index contributed by atoms with van der Waals surface area (Å²) in [4.78, 5) is 11.1. The van der Waals surface area contributed by atoms with Gasteiger partial charge in [-0.15, -0.1) is 0 Å². The first-order valence-corrected chi connectivity index (χ1v) is 5.05. The van der Waals surface area contributed by atoms with Crippen LogP contribution in [0.15, 0.2) is 18.2 Å². The Labute approximate surface area is 99.2 Å². The van der Waals surface area contributed by atoms with Crippen molar-refractivity contribution < 1.29 is 9.53 Å². The third-order valence-electron chi connectivity index (χ3n) is 2.00. The van der Waals surface area contributed by atoms with E-state index in [4.69, 9.17) is 15.3 Å². The fourth-order valence-electron chi connectivity index (χ4n) is 1.23. The van der Waals surface area contributed by atoms with E-state index < -0.39 is 0 Å². The van der Waals surface area contributed by atoms with Gasteiger partial charge in [-0.05, 0) is 25.1 Å². The van der Waals surface area contributed by atoms with Gasteiger partial charge in [0, 0.05) is 5.69 Å². The van der Waals surface area contributed by atoms with Crippen molar-refractivity contribution in [3.63, 3.8) is 0 Å². The number of nitrogens with one attached hydrogen (secondary N) is 1. The molecule has 0 heterocycles. The number of rotatable bonds is 4. The first kappa shape index (κ1) is 12.5. The van der Waals surface area contributed by atoms with E-state index in [1.807, 2.05) is 12.1 Å². The van der Waals surface area contributed by atoms with Gasteiger partial charge in [-0.2, -0.15) is 10.5 Å². The van der Waals surface area contributed by atoms with Crippen LogP contribution in [-0.4, -0.2) is 19.1 Å². The maximum atomic E-state index is 11.1. The maximum absolute atomic E-state index is 11.1. The average Bonchev–Trinajstić information content (AvgIpc) is 2.36. The normalized spacial score (nSPS) is 8.88. The largest absolute Gasteiger partial charge is 0.465 e. The van der Waals surface area contributed by atoms with Crippen molar-refractivity contribution >= 4 is 11.7 Å². The van der Waals surface area contributed by atoms with E-state index in [1.165, 1.54) is 12.1 Å². The molecule has 17 heavy (non-hydrogen) atoms. The summed E-state index contributed by atoms with van der Waals surface area (Å²) >= 11 is 0. The number of anilines is 1. The summed E-state index contributed by atoms with van der Waals surface area (Å²) in [7, 11) is 0. The van der Waals surface area contributed by atoms with Crippen molar-refractivity contribution in [3.8, 4) is 12.1 Å². The van der Waals surface area contributed by atoms with E-state index >= 15 is 0 Å². The molecule has 1 aromatic carbocycles. The van der Waals surface area contributed by atoms with E-state index in [9.17, 15) is 4.79 Å². The van der Waals surface area contributed by atoms with Crippen molar-refractivity contribution in [1.82, 2.24) is 0 Å². The topological polar surface area (TPSA) is 85.9 Å². The van der Waals surface area contributed by atoms with Crippen molar-refractivity contribution in [2.45, 2.75) is 6.92 Å². The summed E-state index contributed by atoms with van der Waals surface area (Å²) < 4.78 is 4.75. The Hall–Kier alpha value is -2.53. The van der Waals surface area contributed by atoms with Gasteiger partial charge in [0.25, 0.3) is 0 Å². The SMILES string of the molecule is CCOC(=O)CNc1ccc(C#N)c(C#N)c1. The molecular weight excluding hydrogens is 218 g/mol. The number of carbonyl (C=O) groups excluding carboxylic acids is 1. The van der Waals surface area contributed by atoms with Crippen LogP contribution in [0.4, 0.5) is 5.69 Å². The molecule has 0 saturated carbocycles. The molecule has 0 aliphatic rings. The van der Waals surface area contributed by atoms with E-state index in [0.29, 0.717) is 17.9 Å². The molecule has 0 aliphatic heterocycles. The number of nitrogens with zero attached hydrogens (tertiary/aromatic N) is 2. The maximum Gasteiger partial charge on any atom is 0.325 e. The Kier molecular flexibility index (Phi) is 4.53. The molecule has 86 valence electrons. The number of hydrogen-bond donors (Lipinski definition) is 1. The van der Waals surface area contributed by atoms with Crippen LogP contribution in [0.25, 0.3) is 0 Å². The van der Waals surface area contributed by atoms with Gasteiger partial charge in [0.05, 0.1) is 17.7 Å². The fraction of sp³-hybridized carbons (Fsp3) is 0.250. The fourth-order valence-corrected chi connectivity index (χ4v) is 1.23. The summed E-state index contributed by atoms with van der Waals surface area (Å²) in [6.07, 6.45) is 0. The summed E-state index contributed by atoms with van der Waals surface area (Å²) in [5, 5.41) is 20.4. The van der Waals surface area contributed by atoms with Crippen LogP contribution in [0, 0.1) is 22.7 Å². The highest BCUT2D eigenvalue weighted by Crippen LogP contribution is 2.14. The second-order valence-corrected chi connectivity index (χ2v) is 3.14. The lowest BCUT2D eigenvalue weighted by molar-refractivity contribution is -0.140. The number of ether oxygens (including phenoxy) is 1. The lowest BCUT2D eigenvalue weighted by Gasteiger charge is -2.06. The van der Waals surface area contributed by atoms with Crippen LogP contribution >= 0.6 is 0 Å². The van der Waals surface area contributed by atoms with Gasteiger partial charge in [-0.25, -0.2) is 0 Å². The zero-order valence-corrected chi connectivity index (χ0v) is 9.36. The van der Waals surface area contributed by atoms with Crippen LogP contribution < -0.4 is 5.32 Å². The van der Waals surface area contributed by atoms with Crippen LogP contribution in [0.2, 0.25) is 0 Å². The molecule has 0 saturated heterocycles. The number of benzene rings is 1. The summed E-state index contributed by atoms with van der Waals surface area (Å²) in [5.41, 5.74) is 1.20. The van der Waals surface area contributed by atoms with Gasteiger partial charge in [-0.3, -0.25) is 4.79 Å². The Balaban J connectivity index is 2.71. The zero-order chi connectivity index (χ0) is 12.7. The molecule has 5 heteroatoms. The summed E-state index contributed by atoms with van der Waals surface area (Å²) in [6.45, 7) is 2.09. The van der Waals surface area contributed by atoms with Crippen molar-refractivity contribution in [2.24, 2.45) is 0 Å². The molecule has 0 fully saturated rings. The minimum absolute atomic E-state index is 0.0324. The molecule has 0 aromatic heterocycles. The minimum atomic E-state index is -0.365. The molecule has 1 aromatic rings. The minimum Gasteiger partial charge on any atom is -0.465 e. The third kappa shape index (κ3) is 3.51. The van der Waals surface area contributed by atoms with Crippen molar-refractivity contribution in [1.29, 1.82) is 10.5 Å². The monoisotopic (exact) mass is 229 g/mol. The van der Waals surface area contributed by atoms with Crippen molar-refractivity contribution in [3.05, 3.63) is 29.3 Å². The molecule has 1 rings (SSSR count). The standard InChI is InChI=1S/C12H11N3O2/c1-2-17-12(16)8-15-11-4-3-9(6-13)10(5-11)7-14/h3-5,15H,2,8H2,1H3. The van der Waals surface area contributed by atoms with Gasteiger partial charge in [-0.1, -0.05) is 0 Å². The van der Waals surface area contributed by atoms with E-state index in [0.717, 1.165) is 0 Å². The number of hydrogen-bond acceptors (Lipinski definition) is 5. The zero-order valence-electron chi connectivity index (χ0n) is 9.36. The molecule has 0 spiro atoms. The molecule has 1 N–H and O–H groups in total. The summed E-state index contributed by atoms with van der Waals surface area (Å²) in [5.74, 6) is -0.365. The van der Waals surface area contributed by atoms with E-state index in [-0.39, 0.29) is 18.1 Å². The van der Waals surface area contributed by atoms with E-state index in [1.54, 1.807) is 13.0 Å². The molecule has 0 aliphatic carbocycles. The van der Waals surface area contributed by atoms with E-state index in [2.05, 4.69) is 5.32 Å². The van der Waals surface area contributed by atoms with Crippen LogP contribution in [0.5, 0.6) is 0 Å². The molecule has 0 radical (unpaired) electrons. The smallest absolute Gasteiger partial charge is 0.325 e. The van der Waals surface area contributed by atoms with Gasteiger partial charge in [0.15, 0.2) is 0 Å². The Morgan fingerprint density at radius 2 is 2.06 bits per heavy atom. The van der Waals surface area contributed by atoms with Gasteiger partial charge >= 0.3 is 5.97 Å². The number of esters is 1. The third-order valence-corrected chi connectivity index (χ3v) is 2.00. The number of nitriles is 2. The Morgan fingerprint density at radius 3 is 2.65 bits per heavy atom. The van der Waals surface area contributed by atoms with Crippen LogP contribution in [0.1, 0.15) is 18.1 Å². The first-order chi connectivity index (χ1) is 8.21. The second kappa shape index (κ2) is 6.14. The Bertz CT molecular complexity index is 497. The molecule has 5 nitrogen and oxygen atoms in total. The van der Waals surface area contributed by atoms with Gasteiger partial charge in [0.1, 0.15) is 18.7 Å². The molecule has 0 unspecified atom stereocenters. The predicted molar refractivity (Wildman–Crippen MR) is 61.0 cm³/mol.